The van der Waals surface area contributed by atoms with Crippen LogP contribution in [0, 0.1) is 0 Å². The monoisotopic (exact) mass is 370 g/mol. The molecule has 96 valence electrons. The van der Waals surface area contributed by atoms with Gasteiger partial charge >= 0.3 is 0 Å². The van der Waals surface area contributed by atoms with Crippen LogP contribution in [-0.2, 0) is 12.8 Å². The lowest BCUT2D eigenvalue weighted by molar-refractivity contribution is 0.497. The highest BCUT2D eigenvalue weighted by atomic mass is 79.9. The fourth-order valence-corrected chi connectivity index (χ4v) is 2.96. The van der Waals surface area contributed by atoms with Crippen molar-refractivity contribution < 1.29 is 4.42 Å². The highest BCUT2D eigenvalue weighted by Gasteiger charge is 2.15. The van der Waals surface area contributed by atoms with Gasteiger partial charge in [-0.15, -0.1) is 0 Å². The number of alkyl halides is 1. The minimum atomic E-state index is 0.111. The molecule has 0 N–H and O–H groups in total. The maximum Gasteiger partial charge on any atom is 0.169 e. The fraction of sp³-hybridized carbons (Fsp3) is 0.333. The standard InChI is InChI=1S/C15H16Br2O/c1-3-10-5-6-12(9-11(10)4-2)15(17)13-7-8-14(16)18-13/h5-9,15H,3-4H2,1-2H3. The van der Waals surface area contributed by atoms with Crippen molar-refractivity contribution in [3.05, 3.63) is 57.5 Å². The predicted molar refractivity (Wildman–Crippen MR) is 82.4 cm³/mol. The molecule has 18 heavy (non-hydrogen) atoms. The van der Waals surface area contributed by atoms with E-state index in [0.717, 1.165) is 23.3 Å². The van der Waals surface area contributed by atoms with Gasteiger partial charge in [0.15, 0.2) is 4.67 Å². The second kappa shape index (κ2) is 6.07. The van der Waals surface area contributed by atoms with Crippen molar-refractivity contribution in [2.24, 2.45) is 0 Å². The molecular formula is C15H16Br2O. The highest BCUT2D eigenvalue weighted by molar-refractivity contribution is 9.10. The minimum Gasteiger partial charge on any atom is -0.453 e. The van der Waals surface area contributed by atoms with E-state index in [2.05, 4.69) is 63.9 Å². The van der Waals surface area contributed by atoms with Gasteiger partial charge in [0.1, 0.15) is 5.76 Å². The Kier molecular flexibility index (Phi) is 4.68. The van der Waals surface area contributed by atoms with E-state index in [0.29, 0.717) is 0 Å². The van der Waals surface area contributed by atoms with Gasteiger partial charge in [-0.1, -0.05) is 48.0 Å². The fourth-order valence-electron chi connectivity index (χ4n) is 2.11. The number of halogens is 2. The van der Waals surface area contributed by atoms with E-state index in [1.807, 2.05) is 12.1 Å². The van der Waals surface area contributed by atoms with Crippen molar-refractivity contribution in [3.63, 3.8) is 0 Å². The summed E-state index contributed by atoms with van der Waals surface area (Å²) in [4.78, 5) is 0.111. The summed E-state index contributed by atoms with van der Waals surface area (Å²) in [5.41, 5.74) is 4.09. The second-order valence-electron chi connectivity index (χ2n) is 4.24. The van der Waals surface area contributed by atoms with E-state index in [4.69, 9.17) is 4.42 Å². The first-order valence-corrected chi connectivity index (χ1v) is 7.87. The Hall–Kier alpha value is -0.540. The Morgan fingerprint density at radius 2 is 1.78 bits per heavy atom. The molecule has 0 fully saturated rings. The lowest BCUT2D eigenvalue weighted by atomic mass is 9.98. The van der Waals surface area contributed by atoms with Gasteiger partial charge in [-0.05, 0) is 57.6 Å². The molecule has 0 spiro atoms. The summed E-state index contributed by atoms with van der Waals surface area (Å²) >= 11 is 7.04. The van der Waals surface area contributed by atoms with Gasteiger partial charge in [0.2, 0.25) is 0 Å². The molecule has 0 aliphatic rings. The van der Waals surface area contributed by atoms with Crippen LogP contribution in [0.25, 0.3) is 0 Å². The predicted octanol–water partition coefficient (Wildman–Crippen LogP) is 5.65. The zero-order valence-electron chi connectivity index (χ0n) is 10.5. The van der Waals surface area contributed by atoms with Crippen LogP contribution < -0.4 is 0 Å². The van der Waals surface area contributed by atoms with Gasteiger partial charge in [0, 0.05) is 0 Å². The maximum absolute atomic E-state index is 5.60. The summed E-state index contributed by atoms with van der Waals surface area (Å²) in [6, 6.07) is 10.6. The van der Waals surface area contributed by atoms with E-state index >= 15 is 0 Å². The quantitative estimate of drug-likeness (QED) is 0.632. The van der Waals surface area contributed by atoms with E-state index in [1.165, 1.54) is 16.7 Å². The summed E-state index contributed by atoms with van der Waals surface area (Å²) in [5.74, 6) is 0.924. The van der Waals surface area contributed by atoms with E-state index in [-0.39, 0.29) is 4.83 Å². The van der Waals surface area contributed by atoms with Gasteiger partial charge in [-0.3, -0.25) is 0 Å². The summed E-state index contributed by atoms with van der Waals surface area (Å²) in [6.07, 6.45) is 2.15. The molecule has 2 rings (SSSR count). The zero-order valence-corrected chi connectivity index (χ0v) is 13.7. The lowest BCUT2D eigenvalue weighted by Gasteiger charge is -2.12. The number of hydrogen-bond donors (Lipinski definition) is 0. The Morgan fingerprint density at radius 1 is 1.06 bits per heavy atom. The van der Waals surface area contributed by atoms with Crippen LogP contribution in [0.15, 0.2) is 39.4 Å². The Labute approximate surface area is 125 Å². The molecule has 0 saturated heterocycles. The van der Waals surface area contributed by atoms with Gasteiger partial charge in [0.25, 0.3) is 0 Å². The largest absolute Gasteiger partial charge is 0.453 e. The Morgan fingerprint density at radius 3 is 2.33 bits per heavy atom. The van der Waals surface area contributed by atoms with Crippen molar-refractivity contribution in [1.82, 2.24) is 0 Å². The first kappa shape index (κ1) is 13.9. The summed E-state index contributed by atoms with van der Waals surface area (Å²) in [7, 11) is 0. The molecule has 1 nitrogen and oxygen atoms in total. The van der Waals surface area contributed by atoms with Crippen LogP contribution in [0.4, 0.5) is 0 Å². The first-order chi connectivity index (χ1) is 8.65. The van der Waals surface area contributed by atoms with E-state index in [9.17, 15) is 0 Å². The normalized spacial score (nSPS) is 12.7. The topological polar surface area (TPSA) is 13.1 Å². The molecule has 0 saturated carbocycles. The molecule has 0 aliphatic carbocycles. The number of hydrogen-bond acceptors (Lipinski definition) is 1. The van der Waals surface area contributed by atoms with Crippen LogP contribution in [0.2, 0.25) is 0 Å². The minimum absolute atomic E-state index is 0.111. The lowest BCUT2D eigenvalue weighted by Crippen LogP contribution is -1.96. The molecule has 0 amide bonds. The highest BCUT2D eigenvalue weighted by Crippen LogP contribution is 2.34. The van der Waals surface area contributed by atoms with Crippen LogP contribution in [-0.4, -0.2) is 0 Å². The first-order valence-electron chi connectivity index (χ1n) is 6.16. The molecule has 1 heterocycles. The number of rotatable bonds is 4. The molecule has 1 aromatic carbocycles. The van der Waals surface area contributed by atoms with Crippen LogP contribution in [0.3, 0.4) is 0 Å². The van der Waals surface area contributed by atoms with E-state index in [1.54, 1.807) is 0 Å². The van der Waals surface area contributed by atoms with Gasteiger partial charge in [0.05, 0.1) is 4.83 Å². The smallest absolute Gasteiger partial charge is 0.169 e. The molecule has 1 aromatic heterocycles. The van der Waals surface area contributed by atoms with Crippen molar-refractivity contribution in [3.8, 4) is 0 Å². The van der Waals surface area contributed by atoms with Crippen molar-refractivity contribution in [2.45, 2.75) is 31.5 Å². The number of furan rings is 1. The summed E-state index contributed by atoms with van der Waals surface area (Å²) in [5, 5.41) is 0. The zero-order chi connectivity index (χ0) is 13.1. The van der Waals surface area contributed by atoms with Crippen molar-refractivity contribution in [1.29, 1.82) is 0 Å². The molecule has 2 aromatic rings. The second-order valence-corrected chi connectivity index (χ2v) is 5.94. The third-order valence-electron chi connectivity index (χ3n) is 3.13. The number of benzene rings is 1. The molecule has 0 aliphatic heterocycles. The van der Waals surface area contributed by atoms with Crippen molar-refractivity contribution in [2.75, 3.05) is 0 Å². The van der Waals surface area contributed by atoms with Crippen LogP contribution in [0.5, 0.6) is 0 Å². The Balaban J connectivity index is 2.33. The summed E-state index contributed by atoms with van der Waals surface area (Å²) < 4.78 is 6.37. The van der Waals surface area contributed by atoms with Crippen molar-refractivity contribution >= 4 is 31.9 Å². The van der Waals surface area contributed by atoms with Crippen LogP contribution in [0.1, 0.15) is 41.1 Å². The van der Waals surface area contributed by atoms with Gasteiger partial charge in [-0.2, -0.15) is 0 Å². The third-order valence-corrected chi connectivity index (χ3v) is 4.53. The van der Waals surface area contributed by atoms with E-state index < -0.39 is 0 Å². The molecule has 1 atom stereocenters. The maximum atomic E-state index is 5.60. The van der Waals surface area contributed by atoms with Gasteiger partial charge in [-0.25, -0.2) is 0 Å². The number of aryl methyl sites for hydroxylation is 2. The van der Waals surface area contributed by atoms with Crippen LogP contribution >= 0.6 is 31.9 Å². The average Bonchev–Trinajstić information content (AvgIpc) is 2.83. The van der Waals surface area contributed by atoms with Gasteiger partial charge < -0.3 is 4.42 Å². The molecule has 0 bridgehead atoms. The third kappa shape index (κ3) is 2.89. The molecule has 0 radical (unpaired) electrons. The average molecular weight is 372 g/mol. The molecule has 1 unspecified atom stereocenters. The molecule has 3 heteroatoms. The molecular weight excluding hydrogens is 356 g/mol. The Bertz CT molecular complexity index is 531. The summed E-state index contributed by atoms with van der Waals surface area (Å²) in [6.45, 7) is 4.40. The SMILES string of the molecule is CCc1ccc(C(Br)c2ccc(Br)o2)cc1CC.